The Morgan fingerprint density at radius 3 is 2.72 bits per heavy atom. The Kier molecular flexibility index (Phi) is 6.56. The molecular weight excluding hydrogens is 330 g/mol. The number of methoxy groups -OCH3 is 1. The average Bonchev–Trinajstić information content (AvgIpc) is 2.62. The maximum atomic E-state index is 13.9. The van der Waals surface area contributed by atoms with Crippen LogP contribution in [0.2, 0.25) is 0 Å². The van der Waals surface area contributed by atoms with E-state index in [-0.39, 0.29) is 12.0 Å². The van der Waals surface area contributed by atoms with E-state index in [1.165, 1.54) is 0 Å². The van der Waals surface area contributed by atoms with Crippen LogP contribution in [0.3, 0.4) is 0 Å². The van der Waals surface area contributed by atoms with Gasteiger partial charge in [0.05, 0.1) is 7.11 Å². The summed E-state index contributed by atoms with van der Waals surface area (Å²) in [5.74, 6) is -2.85. The van der Waals surface area contributed by atoms with Crippen molar-refractivity contribution in [2.24, 2.45) is 0 Å². The monoisotopic (exact) mass is 348 g/mol. The van der Waals surface area contributed by atoms with Gasteiger partial charge in [-0.3, -0.25) is 9.78 Å². The standard InChI is InChI=1S/C18H18F2N2O3/c1-25-18(24)17(14-11-12(19)8-9-15(14)20)22-16(23)7-4-6-13-5-2-3-10-21-13/h2-3,5,8-11,17H,4,6-7H2,1H3,(H,22,23)/t17-/m0/s1. The highest BCUT2D eigenvalue weighted by Crippen LogP contribution is 2.20. The summed E-state index contributed by atoms with van der Waals surface area (Å²) in [5.41, 5.74) is 0.570. The Hall–Kier alpha value is -2.83. The smallest absolute Gasteiger partial charge is 0.333 e. The largest absolute Gasteiger partial charge is 0.467 e. The zero-order valence-corrected chi connectivity index (χ0v) is 13.7. The lowest BCUT2D eigenvalue weighted by atomic mass is 10.1. The zero-order chi connectivity index (χ0) is 18.2. The summed E-state index contributed by atoms with van der Waals surface area (Å²) in [6, 6.07) is 6.79. The van der Waals surface area contributed by atoms with Gasteiger partial charge in [-0.1, -0.05) is 6.07 Å². The van der Waals surface area contributed by atoms with Crippen LogP contribution in [-0.2, 0) is 20.7 Å². The molecule has 0 saturated carbocycles. The number of hydrogen-bond donors (Lipinski definition) is 1. The summed E-state index contributed by atoms with van der Waals surface area (Å²) < 4.78 is 31.9. The second-order valence-corrected chi connectivity index (χ2v) is 5.36. The molecule has 0 fully saturated rings. The van der Waals surface area contributed by atoms with E-state index >= 15 is 0 Å². The third-order valence-corrected chi connectivity index (χ3v) is 3.57. The fraction of sp³-hybridized carbons (Fsp3) is 0.278. The Balaban J connectivity index is 2.00. The van der Waals surface area contributed by atoms with Crippen molar-refractivity contribution in [2.75, 3.05) is 7.11 Å². The Bertz CT molecular complexity index is 738. The van der Waals surface area contributed by atoms with Crippen LogP contribution >= 0.6 is 0 Å². The molecule has 25 heavy (non-hydrogen) atoms. The molecular formula is C18H18F2N2O3. The topological polar surface area (TPSA) is 68.3 Å². The molecule has 1 amide bonds. The fourth-order valence-electron chi connectivity index (χ4n) is 2.33. The van der Waals surface area contributed by atoms with Crippen LogP contribution in [-0.4, -0.2) is 24.0 Å². The van der Waals surface area contributed by atoms with E-state index < -0.39 is 29.6 Å². The van der Waals surface area contributed by atoms with Crippen molar-refractivity contribution in [3.8, 4) is 0 Å². The number of nitrogens with zero attached hydrogens (tertiary/aromatic N) is 1. The van der Waals surface area contributed by atoms with Gasteiger partial charge in [-0.05, 0) is 43.2 Å². The molecule has 1 heterocycles. The van der Waals surface area contributed by atoms with Gasteiger partial charge in [0.15, 0.2) is 6.04 Å². The van der Waals surface area contributed by atoms with E-state index in [9.17, 15) is 18.4 Å². The fourth-order valence-corrected chi connectivity index (χ4v) is 2.33. The second kappa shape index (κ2) is 8.86. The Labute approximate surface area is 144 Å². The third-order valence-electron chi connectivity index (χ3n) is 3.57. The molecule has 7 heteroatoms. The highest BCUT2D eigenvalue weighted by atomic mass is 19.1. The first-order valence-corrected chi connectivity index (χ1v) is 7.73. The van der Waals surface area contributed by atoms with Gasteiger partial charge in [0.25, 0.3) is 0 Å². The van der Waals surface area contributed by atoms with E-state index in [1.807, 2.05) is 12.1 Å². The zero-order valence-electron chi connectivity index (χ0n) is 13.7. The minimum Gasteiger partial charge on any atom is -0.467 e. The van der Waals surface area contributed by atoms with Crippen LogP contribution in [0.5, 0.6) is 0 Å². The SMILES string of the molecule is COC(=O)[C@@H](NC(=O)CCCc1ccccn1)c1cc(F)ccc1F. The molecule has 1 N–H and O–H groups in total. The minimum absolute atomic E-state index is 0.112. The lowest BCUT2D eigenvalue weighted by molar-refractivity contribution is -0.145. The number of hydrogen-bond acceptors (Lipinski definition) is 4. The minimum atomic E-state index is -1.40. The lowest BCUT2D eigenvalue weighted by Gasteiger charge is -2.17. The molecule has 2 rings (SSSR count). The number of ether oxygens (including phenoxy) is 1. The lowest BCUT2D eigenvalue weighted by Crippen LogP contribution is -2.35. The van der Waals surface area contributed by atoms with Crippen LogP contribution in [0.15, 0.2) is 42.6 Å². The predicted molar refractivity (Wildman–Crippen MR) is 86.4 cm³/mol. The van der Waals surface area contributed by atoms with E-state index in [2.05, 4.69) is 15.0 Å². The number of benzene rings is 1. The second-order valence-electron chi connectivity index (χ2n) is 5.36. The molecule has 0 aliphatic heterocycles. The van der Waals surface area contributed by atoms with Gasteiger partial charge in [0, 0.05) is 23.9 Å². The van der Waals surface area contributed by atoms with E-state index in [0.717, 1.165) is 31.0 Å². The van der Waals surface area contributed by atoms with Crippen molar-refractivity contribution >= 4 is 11.9 Å². The van der Waals surface area contributed by atoms with Crippen molar-refractivity contribution in [3.63, 3.8) is 0 Å². The summed E-state index contributed by atoms with van der Waals surface area (Å²) in [6.45, 7) is 0. The Morgan fingerprint density at radius 2 is 2.04 bits per heavy atom. The molecule has 0 spiro atoms. The molecule has 0 bridgehead atoms. The average molecular weight is 348 g/mol. The first-order chi connectivity index (χ1) is 12.0. The Morgan fingerprint density at radius 1 is 1.24 bits per heavy atom. The van der Waals surface area contributed by atoms with Crippen molar-refractivity contribution < 1.29 is 23.1 Å². The summed E-state index contributed by atoms with van der Waals surface area (Å²) in [4.78, 5) is 28.1. The first-order valence-electron chi connectivity index (χ1n) is 7.73. The number of nitrogens with one attached hydrogen (secondary N) is 1. The first kappa shape index (κ1) is 18.5. The molecule has 2 aromatic rings. The summed E-state index contributed by atoms with van der Waals surface area (Å²) in [6.07, 6.45) is 2.87. The number of halogens is 2. The highest BCUT2D eigenvalue weighted by Gasteiger charge is 2.26. The van der Waals surface area contributed by atoms with Crippen LogP contribution in [0.25, 0.3) is 0 Å². The molecule has 5 nitrogen and oxygen atoms in total. The summed E-state index contributed by atoms with van der Waals surface area (Å²) >= 11 is 0. The number of aryl methyl sites for hydroxylation is 1. The molecule has 1 atom stereocenters. The van der Waals surface area contributed by atoms with E-state index in [0.29, 0.717) is 12.8 Å². The molecule has 0 aliphatic carbocycles. The molecule has 132 valence electrons. The molecule has 1 aromatic heterocycles. The molecule has 0 unspecified atom stereocenters. The van der Waals surface area contributed by atoms with Gasteiger partial charge >= 0.3 is 5.97 Å². The van der Waals surface area contributed by atoms with Crippen LogP contribution < -0.4 is 5.32 Å². The highest BCUT2D eigenvalue weighted by molar-refractivity contribution is 5.85. The molecule has 1 aromatic carbocycles. The van der Waals surface area contributed by atoms with Crippen molar-refractivity contribution in [1.29, 1.82) is 0 Å². The van der Waals surface area contributed by atoms with E-state index in [4.69, 9.17) is 0 Å². The maximum absolute atomic E-state index is 13.9. The maximum Gasteiger partial charge on any atom is 0.333 e. The summed E-state index contributed by atoms with van der Waals surface area (Å²) in [7, 11) is 1.11. The predicted octanol–water partition coefficient (Wildman–Crippen LogP) is 2.71. The number of pyridine rings is 1. The molecule has 0 aliphatic rings. The van der Waals surface area contributed by atoms with Crippen LogP contribution in [0.4, 0.5) is 8.78 Å². The van der Waals surface area contributed by atoms with Gasteiger partial charge in [0.1, 0.15) is 11.6 Å². The van der Waals surface area contributed by atoms with Crippen molar-refractivity contribution in [3.05, 3.63) is 65.5 Å². The van der Waals surface area contributed by atoms with Gasteiger partial charge in [-0.15, -0.1) is 0 Å². The molecule has 0 radical (unpaired) electrons. The van der Waals surface area contributed by atoms with Gasteiger partial charge in [-0.2, -0.15) is 0 Å². The van der Waals surface area contributed by atoms with Crippen molar-refractivity contribution in [2.45, 2.75) is 25.3 Å². The summed E-state index contributed by atoms with van der Waals surface area (Å²) in [5, 5.41) is 2.40. The number of aromatic nitrogens is 1. The quantitative estimate of drug-likeness (QED) is 0.781. The van der Waals surface area contributed by atoms with Crippen LogP contribution in [0.1, 0.15) is 30.1 Å². The van der Waals surface area contributed by atoms with Crippen molar-refractivity contribution in [1.82, 2.24) is 10.3 Å². The van der Waals surface area contributed by atoms with Gasteiger partial charge in [0.2, 0.25) is 5.91 Å². The van der Waals surface area contributed by atoms with Gasteiger partial charge in [-0.25, -0.2) is 13.6 Å². The number of carbonyl (C=O) groups excluding carboxylic acids is 2. The van der Waals surface area contributed by atoms with E-state index in [1.54, 1.807) is 12.3 Å². The normalized spacial score (nSPS) is 11.6. The molecule has 0 saturated heterocycles. The number of carbonyl (C=O) groups is 2. The number of amides is 1. The number of esters is 1. The van der Waals surface area contributed by atoms with Crippen LogP contribution in [0, 0.1) is 11.6 Å². The number of rotatable bonds is 7. The van der Waals surface area contributed by atoms with Gasteiger partial charge < -0.3 is 10.1 Å². The third kappa shape index (κ3) is 5.34.